The second-order valence-corrected chi connectivity index (χ2v) is 7.15. The summed E-state index contributed by atoms with van der Waals surface area (Å²) in [6.45, 7) is 4.14. The van der Waals surface area contributed by atoms with Gasteiger partial charge in [-0.3, -0.25) is 0 Å². The van der Waals surface area contributed by atoms with Gasteiger partial charge in [0, 0.05) is 12.2 Å². The molecule has 0 aliphatic heterocycles. The number of rotatable bonds is 5. The Balaban J connectivity index is 1.87. The fourth-order valence-electron chi connectivity index (χ4n) is 2.75. The number of nitrogen functional groups attached to an aromatic ring is 1. The molecule has 1 aromatic heterocycles. The first-order chi connectivity index (χ1) is 12.6. The van der Waals surface area contributed by atoms with Crippen molar-refractivity contribution in [2.75, 3.05) is 5.73 Å². The van der Waals surface area contributed by atoms with Crippen LogP contribution in [-0.4, -0.2) is 9.97 Å². The van der Waals surface area contributed by atoms with Crippen molar-refractivity contribution in [1.82, 2.24) is 9.97 Å². The Morgan fingerprint density at radius 1 is 1.08 bits per heavy atom. The summed E-state index contributed by atoms with van der Waals surface area (Å²) in [4.78, 5) is 8.94. The Morgan fingerprint density at radius 3 is 2.62 bits per heavy atom. The quantitative estimate of drug-likeness (QED) is 0.538. The van der Waals surface area contributed by atoms with Gasteiger partial charge in [0.25, 0.3) is 0 Å². The Labute approximate surface area is 158 Å². The van der Waals surface area contributed by atoms with Crippen LogP contribution in [0.1, 0.15) is 33.5 Å². The molecule has 0 saturated heterocycles. The maximum Gasteiger partial charge on any atom is 0.190 e. The number of hydrogen-bond acceptors (Lipinski definition) is 5. The zero-order valence-electron chi connectivity index (χ0n) is 14.9. The highest BCUT2D eigenvalue weighted by Gasteiger charge is 2.14. The van der Waals surface area contributed by atoms with E-state index in [1.54, 1.807) is 0 Å². The van der Waals surface area contributed by atoms with E-state index in [0.717, 1.165) is 11.3 Å². The molecule has 0 amide bonds. The molecule has 0 atom stereocenters. The highest BCUT2D eigenvalue weighted by molar-refractivity contribution is 7.98. The van der Waals surface area contributed by atoms with Crippen LogP contribution in [0.2, 0.25) is 0 Å². The van der Waals surface area contributed by atoms with Crippen molar-refractivity contribution in [3.8, 4) is 6.07 Å². The molecule has 1 heterocycles. The minimum Gasteiger partial charge on any atom is -0.382 e. The van der Waals surface area contributed by atoms with Crippen LogP contribution in [0, 0.1) is 25.2 Å². The molecule has 2 aromatic carbocycles. The maximum absolute atomic E-state index is 9.45. The van der Waals surface area contributed by atoms with Crippen molar-refractivity contribution in [2.45, 2.75) is 31.2 Å². The molecule has 0 aliphatic rings. The maximum atomic E-state index is 9.45. The molecule has 0 spiro atoms. The monoisotopic (exact) mass is 360 g/mol. The van der Waals surface area contributed by atoms with Crippen molar-refractivity contribution < 1.29 is 0 Å². The molecule has 2 N–H and O–H groups in total. The Hall–Kier alpha value is -2.84. The van der Waals surface area contributed by atoms with Crippen LogP contribution in [0.25, 0.3) is 0 Å². The van der Waals surface area contributed by atoms with E-state index in [1.807, 2.05) is 37.3 Å². The smallest absolute Gasteiger partial charge is 0.190 e. The zero-order chi connectivity index (χ0) is 18.5. The fraction of sp³-hybridized carbons (Fsp3) is 0.190. The van der Waals surface area contributed by atoms with Gasteiger partial charge in [0.15, 0.2) is 5.16 Å². The molecule has 3 rings (SSSR count). The number of anilines is 1. The van der Waals surface area contributed by atoms with E-state index in [9.17, 15) is 5.26 Å². The van der Waals surface area contributed by atoms with Gasteiger partial charge in [0.2, 0.25) is 0 Å². The summed E-state index contributed by atoms with van der Waals surface area (Å²) < 4.78 is 0. The van der Waals surface area contributed by atoms with Crippen LogP contribution in [-0.2, 0) is 12.2 Å². The summed E-state index contributed by atoms with van der Waals surface area (Å²) in [5.74, 6) is 1.01. The van der Waals surface area contributed by atoms with Crippen LogP contribution in [0.5, 0.6) is 0 Å². The minimum absolute atomic E-state index is 0.248. The molecule has 0 saturated carbocycles. The van der Waals surface area contributed by atoms with Gasteiger partial charge >= 0.3 is 0 Å². The second kappa shape index (κ2) is 8.03. The Kier molecular flexibility index (Phi) is 5.55. The third-order valence-corrected chi connectivity index (χ3v) is 5.07. The lowest BCUT2D eigenvalue weighted by Crippen LogP contribution is -2.06. The summed E-state index contributed by atoms with van der Waals surface area (Å²) in [6.07, 6.45) is 0.565. The highest BCUT2D eigenvalue weighted by Crippen LogP contribution is 2.25. The van der Waals surface area contributed by atoms with Gasteiger partial charge in [-0.2, -0.15) is 5.26 Å². The second-order valence-electron chi connectivity index (χ2n) is 6.21. The number of aryl methyl sites for hydroxylation is 2. The summed E-state index contributed by atoms with van der Waals surface area (Å²) in [6, 6.07) is 18.6. The van der Waals surface area contributed by atoms with E-state index >= 15 is 0 Å². The molecule has 26 heavy (non-hydrogen) atoms. The van der Waals surface area contributed by atoms with Crippen LogP contribution in [0.3, 0.4) is 0 Å². The Bertz CT molecular complexity index is 976. The predicted molar refractivity (Wildman–Crippen MR) is 106 cm³/mol. The molecule has 5 heteroatoms. The topological polar surface area (TPSA) is 75.6 Å². The minimum atomic E-state index is 0.248. The van der Waals surface area contributed by atoms with Crippen LogP contribution >= 0.6 is 11.8 Å². The van der Waals surface area contributed by atoms with E-state index in [2.05, 4.69) is 41.2 Å². The van der Waals surface area contributed by atoms with Crippen LogP contribution in [0.15, 0.2) is 53.7 Å². The number of nitrogens with two attached hydrogens (primary N) is 1. The molecule has 0 radical (unpaired) electrons. The molecular formula is C21H20N4S. The van der Waals surface area contributed by atoms with Crippen molar-refractivity contribution in [3.05, 3.63) is 82.0 Å². The predicted octanol–water partition coefficient (Wildman–Crippen LogP) is 4.43. The molecule has 130 valence electrons. The SMILES string of the molecule is Cc1cccc(Cc2nc(SCc3ccccc3C)nc(N)c2C#N)c1. The van der Waals surface area contributed by atoms with Gasteiger partial charge in [-0.1, -0.05) is 65.9 Å². The first-order valence-electron chi connectivity index (χ1n) is 8.36. The van der Waals surface area contributed by atoms with Crippen LogP contribution < -0.4 is 5.73 Å². The zero-order valence-corrected chi connectivity index (χ0v) is 15.7. The van der Waals surface area contributed by atoms with Crippen molar-refractivity contribution in [1.29, 1.82) is 5.26 Å². The van der Waals surface area contributed by atoms with E-state index in [-0.39, 0.29) is 5.82 Å². The van der Waals surface area contributed by atoms with E-state index in [0.29, 0.717) is 22.8 Å². The first-order valence-corrected chi connectivity index (χ1v) is 9.34. The van der Waals surface area contributed by atoms with Gasteiger partial charge < -0.3 is 5.73 Å². The van der Waals surface area contributed by atoms with Crippen molar-refractivity contribution >= 4 is 17.6 Å². The largest absolute Gasteiger partial charge is 0.382 e. The van der Waals surface area contributed by atoms with Gasteiger partial charge in [-0.15, -0.1) is 0 Å². The summed E-state index contributed by atoms with van der Waals surface area (Å²) in [5, 5.41) is 10.1. The first kappa shape index (κ1) is 18.0. The number of hydrogen-bond donors (Lipinski definition) is 1. The van der Waals surface area contributed by atoms with Gasteiger partial charge in [0.1, 0.15) is 17.5 Å². The summed E-state index contributed by atoms with van der Waals surface area (Å²) >= 11 is 1.54. The lowest BCUT2D eigenvalue weighted by molar-refractivity contribution is 0.901. The Morgan fingerprint density at radius 2 is 1.88 bits per heavy atom. The lowest BCUT2D eigenvalue weighted by atomic mass is 10.0. The third-order valence-electron chi connectivity index (χ3n) is 4.18. The van der Waals surface area contributed by atoms with E-state index in [4.69, 9.17) is 5.73 Å². The highest BCUT2D eigenvalue weighted by atomic mass is 32.2. The number of aromatic nitrogens is 2. The lowest BCUT2D eigenvalue weighted by Gasteiger charge is -2.10. The van der Waals surface area contributed by atoms with Gasteiger partial charge in [-0.25, -0.2) is 9.97 Å². The number of nitriles is 1. The number of thioether (sulfide) groups is 1. The molecule has 0 aliphatic carbocycles. The average Bonchev–Trinajstić information content (AvgIpc) is 2.61. The van der Waals surface area contributed by atoms with Crippen molar-refractivity contribution in [2.24, 2.45) is 0 Å². The normalized spacial score (nSPS) is 10.5. The standard InChI is InChI=1S/C21H20N4S/c1-14-6-5-8-16(10-14)11-19-18(12-22)20(23)25-21(24-19)26-13-17-9-4-3-7-15(17)2/h3-10H,11,13H2,1-2H3,(H2,23,24,25). The summed E-state index contributed by atoms with van der Waals surface area (Å²) in [5.41, 5.74) is 11.8. The average molecular weight is 360 g/mol. The molecule has 0 unspecified atom stereocenters. The molecular weight excluding hydrogens is 340 g/mol. The fourth-order valence-corrected chi connectivity index (χ4v) is 3.69. The van der Waals surface area contributed by atoms with Gasteiger partial charge in [-0.05, 0) is 30.5 Å². The molecule has 0 fully saturated rings. The molecule has 3 aromatic rings. The summed E-state index contributed by atoms with van der Waals surface area (Å²) in [7, 11) is 0. The third kappa shape index (κ3) is 4.22. The van der Waals surface area contributed by atoms with Crippen molar-refractivity contribution in [3.63, 3.8) is 0 Å². The van der Waals surface area contributed by atoms with E-state index in [1.165, 1.54) is 28.5 Å². The molecule has 4 nitrogen and oxygen atoms in total. The molecule has 0 bridgehead atoms. The van der Waals surface area contributed by atoms with Crippen LogP contribution in [0.4, 0.5) is 5.82 Å². The number of benzene rings is 2. The number of nitrogens with zero attached hydrogens (tertiary/aromatic N) is 3. The van der Waals surface area contributed by atoms with E-state index < -0.39 is 0 Å². The van der Waals surface area contributed by atoms with Gasteiger partial charge in [0.05, 0.1) is 5.69 Å².